The molecule has 4 fully saturated rings. The molecule has 0 radical (unpaired) electrons. The number of fused-ring (bicyclic) bond motifs is 5. The van der Waals surface area contributed by atoms with E-state index in [-0.39, 0.29) is 18.5 Å². The lowest BCUT2D eigenvalue weighted by atomic mass is 9.44. The van der Waals surface area contributed by atoms with Crippen molar-refractivity contribution in [2.24, 2.45) is 46.2 Å². The molecule has 4 aliphatic rings. The molecule has 140 valence electrons. The molecule has 0 saturated heterocycles. The van der Waals surface area contributed by atoms with Crippen molar-refractivity contribution in [2.75, 3.05) is 0 Å². The third-order valence-electron chi connectivity index (χ3n) is 9.36. The van der Waals surface area contributed by atoms with Crippen LogP contribution in [0.2, 0.25) is 0 Å². The highest BCUT2D eigenvalue weighted by molar-refractivity contribution is 5.85. The van der Waals surface area contributed by atoms with Crippen LogP contribution in [0.15, 0.2) is 0 Å². The molecular weight excluding hydrogens is 318 g/mol. The van der Waals surface area contributed by atoms with Crippen LogP contribution >= 0.6 is 12.4 Å². The van der Waals surface area contributed by atoms with Crippen LogP contribution in [-0.2, 0) is 0 Å². The Bertz CT molecular complexity index is 469. The first kappa shape index (κ1) is 19.0. The number of aliphatic hydroxyl groups excluding tert-OH is 1. The van der Waals surface area contributed by atoms with Crippen molar-refractivity contribution in [3.05, 3.63) is 0 Å². The summed E-state index contributed by atoms with van der Waals surface area (Å²) < 4.78 is 0. The van der Waals surface area contributed by atoms with Crippen molar-refractivity contribution in [2.45, 2.75) is 90.7 Å². The van der Waals surface area contributed by atoms with Crippen molar-refractivity contribution >= 4 is 12.4 Å². The van der Waals surface area contributed by atoms with Gasteiger partial charge >= 0.3 is 0 Å². The van der Waals surface area contributed by atoms with Crippen LogP contribution in [0, 0.1) is 40.4 Å². The Kier molecular flexibility index (Phi) is 5.08. The van der Waals surface area contributed by atoms with E-state index in [1.807, 2.05) is 6.92 Å². The van der Waals surface area contributed by atoms with Crippen molar-refractivity contribution in [3.8, 4) is 0 Å². The molecule has 3 heteroatoms. The summed E-state index contributed by atoms with van der Waals surface area (Å²) in [5.41, 5.74) is 7.26. The molecule has 0 aliphatic heterocycles. The Morgan fingerprint density at radius 3 is 2.29 bits per heavy atom. The standard InChI is InChI=1S/C21H37NO.ClH/c1-13(23)17-6-7-18-16-5-4-14-12-15(22)8-10-20(14,2)19(16)9-11-21(17,18)3;/h13-19,23H,4-12,22H2,1-3H3;1H. The zero-order valence-electron chi connectivity index (χ0n) is 15.8. The smallest absolute Gasteiger partial charge is 0.0545 e. The number of halogens is 1. The average Bonchev–Trinajstić information content (AvgIpc) is 2.85. The van der Waals surface area contributed by atoms with Gasteiger partial charge in [-0.05, 0) is 105 Å². The molecule has 4 rings (SSSR count). The predicted octanol–water partition coefficient (Wildman–Crippen LogP) is 4.78. The Balaban J connectivity index is 0.00000169. The first-order valence-electron chi connectivity index (χ1n) is 10.3. The molecule has 4 saturated carbocycles. The van der Waals surface area contributed by atoms with E-state index in [9.17, 15) is 5.11 Å². The van der Waals surface area contributed by atoms with Gasteiger partial charge in [-0.2, -0.15) is 0 Å². The fourth-order valence-corrected chi connectivity index (χ4v) is 8.12. The number of hydrogen-bond donors (Lipinski definition) is 2. The van der Waals surface area contributed by atoms with Gasteiger partial charge < -0.3 is 10.8 Å². The molecule has 24 heavy (non-hydrogen) atoms. The maximum absolute atomic E-state index is 10.3. The van der Waals surface area contributed by atoms with Crippen LogP contribution in [0.25, 0.3) is 0 Å². The minimum Gasteiger partial charge on any atom is -0.393 e. The van der Waals surface area contributed by atoms with Gasteiger partial charge in [0.05, 0.1) is 6.10 Å². The molecule has 0 spiro atoms. The van der Waals surface area contributed by atoms with Crippen LogP contribution < -0.4 is 5.73 Å². The Morgan fingerprint density at radius 2 is 1.58 bits per heavy atom. The summed E-state index contributed by atoms with van der Waals surface area (Å²) in [7, 11) is 0. The molecule has 0 aromatic rings. The maximum atomic E-state index is 10.3. The molecule has 0 amide bonds. The summed E-state index contributed by atoms with van der Waals surface area (Å²) in [6.45, 7) is 7.17. The minimum absolute atomic E-state index is 0. The van der Waals surface area contributed by atoms with E-state index in [1.165, 1.54) is 57.8 Å². The highest BCUT2D eigenvalue weighted by Crippen LogP contribution is 2.67. The highest BCUT2D eigenvalue weighted by atomic mass is 35.5. The summed E-state index contributed by atoms with van der Waals surface area (Å²) in [6.07, 6.45) is 12.0. The molecule has 3 N–H and O–H groups in total. The molecule has 2 nitrogen and oxygen atoms in total. The fraction of sp³-hybridized carbons (Fsp3) is 1.00. The summed E-state index contributed by atoms with van der Waals surface area (Å²) in [5, 5.41) is 10.3. The third-order valence-corrected chi connectivity index (χ3v) is 9.36. The lowest BCUT2D eigenvalue weighted by molar-refractivity contribution is -0.120. The van der Waals surface area contributed by atoms with Crippen LogP contribution in [0.4, 0.5) is 0 Å². The molecule has 0 aromatic heterocycles. The number of hydrogen-bond acceptors (Lipinski definition) is 2. The van der Waals surface area contributed by atoms with E-state index >= 15 is 0 Å². The van der Waals surface area contributed by atoms with E-state index in [0.717, 1.165) is 23.7 Å². The predicted molar refractivity (Wildman–Crippen MR) is 102 cm³/mol. The summed E-state index contributed by atoms with van der Waals surface area (Å²) in [4.78, 5) is 0. The van der Waals surface area contributed by atoms with Crippen molar-refractivity contribution in [3.63, 3.8) is 0 Å². The third kappa shape index (κ3) is 2.58. The fourth-order valence-electron chi connectivity index (χ4n) is 8.12. The minimum atomic E-state index is -0.124. The van der Waals surface area contributed by atoms with Gasteiger partial charge in [-0.15, -0.1) is 12.4 Å². The van der Waals surface area contributed by atoms with Crippen molar-refractivity contribution in [1.29, 1.82) is 0 Å². The van der Waals surface area contributed by atoms with Gasteiger partial charge in [0.15, 0.2) is 0 Å². The van der Waals surface area contributed by atoms with E-state index < -0.39 is 0 Å². The second kappa shape index (κ2) is 6.43. The maximum Gasteiger partial charge on any atom is 0.0545 e. The van der Waals surface area contributed by atoms with Crippen LogP contribution in [0.3, 0.4) is 0 Å². The van der Waals surface area contributed by atoms with Crippen molar-refractivity contribution < 1.29 is 5.11 Å². The molecule has 9 atom stereocenters. The lowest BCUT2D eigenvalue weighted by Crippen LogP contribution is -2.55. The second-order valence-electron chi connectivity index (χ2n) is 10.2. The van der Waals surface area contributed by atoms with E-state index in [4.69, 9.17) is 5.73 Å². The first-order valence-corrected chi connectivity index (χ1v) is 10.3. The van der Waals surface area contributed by atoms with Crippen molar-refractivity contribution in [1.82, 2.24) is 0 Å². The van der Waals surface area contributed by atoms with Gasteiger partial charge in [-0.25, -0.2) is 0 Å². The van der Waals surface area contributed by atoms with Crippen LogP contribution in [-0.4, -0.2) is 17.3 Å². The number of rotatable bonds is 1. The van der Waals surface area contributed by atoms with E-state index in [2.05, 4.69) is 13.8 Å². The normalized spacial score (nSPS) is 54.9. The van der Waals surface area contributed by atoms with Gasteiger partial charge in [0, 0.05) is 6.04 Å². The van der Waals surface area contributed by atoms with Gasteiger partial charge in [0.1, 0.15) is 0 Å². The quantitative estimate of drug-likeness (QED) is 0.711. The average molecular weight is 356 g/mol. The van der Waals surface area contributed by atoms with Gasteiger partial charge in [0.25, 0.3) is 0 Å². The zero-order valence-corrected chi connectivity index (χ0v) is 16.7. The van der Waals surface area contributed by atoms with Gasteiger partial charge in [-0.3, -0.25) is 0 Å². The first-order chi connectivity index (χ1) is 10.9. The topological polar surface area (TPSA) is 46.2 Å². The van der Waals surface area contributed by atoms with Crippen LogP contribution in [0.1, 0.15) is 78.6 Å². The monoisotopic (exact) mass is 355 g/mol. The molecule has 4 aliphatic carbocycles. The summed E-state index contributed by atoms with van der Waals surface area (Å²) in [5.74, 6) is 4.14. The van der Waals surface area contributed by atoms with Crippen LogP contribution in [0.5, 0.6) is 0 Å². The second-order valence-corrected chi connectivity index (χ2v) is 10.2. The Morgan fingerprint density at radius 1 is 0.917 bits per heavy atom. The van der Waals surface area contributed by atoms with E-state index in [1.54, 1.807) is 0 Å². The number of aliphatic hydroxyl groups is 1. The highest BCUT2D eigenvalue weighted by Gasteiger charge is 2.60. The van der Waals surface area contributed by atoms with Gasteiger partial charge in [-0.1, -0.05) is 13.8 Å². The summed E-state index contributed by atoms with van der Waals surface area (Å²) in [6, 6.07) is 0.463. The Hall–Kier alpha value is 0.210. The summed E-state index contributed by atoms with van der Waals surface area (Å²) >= 11 is 0. The van der Waals surface area contributed by atoms with Gasteiger partial charge in [0.2, 0.25) is 0 Å². The molecule has 0 heterocycles. The molecule has 9 unspecified atom stereocenters. The molecular formula is C21H38ClNO. The Labute approximate surface area is 154 Å². The molecule has 0 aromatic carbocycles. The lowest BCUT2D eigenvalue weighted by Gasteiger charge is -2.61. The number of nitrogens with two attached hydrogens (primary N) is 1. The molecule has 0 bridgehead atoms. The zero-order chi connectivity index (χ0) is 16.4. The SMILES string of the molecule is CC(O)C1CCC2C3CCC4CC(N)CCC4(C)C3CCC12C.Cl. The largest absolute Gasteiger partial charge is 0.393 e. The van der Waals surface area contributed by atoms with E-state index in [0.29, 0.717) is 22.8 Å².